The van der Waals surface area contributed by atoms with Gasteiger partial charge in [-0.25, -0.2) is 13.1 Å². The van der Waals surface area contributed by atoms with Gasteiger partial charge in [-0.2, -0.15) is 0 Å². The minimum Gasteiger partial charge on any atom is -0.341 e. The lowest BCUT2D eigenvalue weighted by atomic mass is 10.1. The number of aryl methyl sites for hydroxylation is 1. The second-order valence-corrected chi connectivity index (χ2v) is 7.46. The molecule has 0 aliphatic carbocycles. The molecule has 128 valence electrons. The Morgan fingerprint density at radius 3 is 2.29 bits per heavy atom. The minimum absolute atomic E-state index is 0.0777. The Morgan fingerprint density at radius 1 is 1.04 bits per heavy atom. The molecule has 0 spiro atoms. The van der Waals surface area contributed by atoms with Crippen molar-refractivity contribution in [2.24, 2.45) is 0 Å². The van der Waals surface area contributed by atoms with E-state index in [1.807, 2.05) is 31.2 Å². The third kappa shape index (κ3) is 5.18. The van der Waals surface area contributed by atoms with Gasteiger partial charge < -0.3 is 4.90 Å². The first kappa shape index (κ1) is 18.2. The Bertz CT molecular complexity index is 772. The van der Waals surface area contributed by atoms with Gasteiger partial charge in [0.05, 0.1) is 4.90 Å². The molecular weight excluding hydrogens is 324 g/mol. The summed E-state index contributed by atoms with van der Waals surface area (Å²) >= 11 is 0. The molecule has 0 atom stereocenters. The molecule has 0 bridgehead atoms. The van der Waals surface area contributed by atoms with E-state index in [-0.39, 0.29) is 23.8 Å². The maximum Gasteiger partial charge on any atom is 0.240 e. The largest absolute Gasteiger partial charge is 0.341 e. The molecule has 0 fully saturated rings. The van der Waals surface area contributed by atoms with E-state index < -0.39 is 10.0 Å². The smallest absolute Gasteiger partial charge is 0.240 e. The summed E-state index contributed by atoms with van der Waals surface area (Å²) in [6, 6.07) is 16.1. The van der Waals surface area contributed by atoms with Crippen LogP contribution in [0.15, 0.2) is 59.5 Å². The zero-order valence-corrected chi connectivity index (χ0v) is 14.7. The van der Waals surface area contributed by atoms with E-state index in [0.29, 0.717) is 6.54 Å². The molecule has 0 aliphatic heterocycles. The zero-order chi connectivity index (χ0) is 17.6. The van der Waals surface area contributed by atoms with Crippen LogP contribution < -0.4 is 4.72 Å². The lowest BCUT2D eigenvalue weighted by Gasteiger charge is -2.17. The Balaban J connectivity index is 1.83. The minimum atomic E-state index is -3.57. The predicted octanol–water partition coefficient (Wildman–Crippen LogP) is 2.32. The molecule has 2 aromatic rings. The van der Waals surface area contributed by atoms with Crippen molar-refractivity contribution < 1.29 is 13.2 Å². The number of hydrogen-bond donors (Lipinski definition) is 1. The number of amides is 1. The highest BCUT2D eigenvalue weighted by atomic mass is 32.2. The molecule has 1 N–H and O–H groups in total. The molecule has 0 unspecified atom stereocenters. The van der Waals surface area contributed by atoms with Crippen molar-refractivity contribution in [3.8, 4) is 0 Å². The van der Waals surface area contributed by atoms with Crippen molar-refractivity contribution in [2.45, 2.75) is 24.8 Å². The van der Waals surface area contributed by atoms with Crippen LogP contribution >= 0.6 is 0 Å². The third-order valence-electron chi connectivity index (χ3n) is 3.65. The van der Waals surface area contributed by atoms with E-state index in [1.165, 1.54) is 17.7 Å². The summed E-state index contributed by atoms with van der Waals surface area (Å²) in [6.45, 7) is 2.59. The Morgan fingerprint density at radius 2 is 1.67 bits per heavy atom. The average molecular weight is 346 g/mol. The van der Waals surface area contributed by atoms with Gasteiger partial charge in [0.2, 0.25) is 15.9 Å². The number of sulfonamides is 1. The number of nitrogens with one attached hydrogen (secondary N) is 1. The number of carbonyl (C=O) groups is 1. The summed E-state index contributed by atoms with van der Waals surface area (Å²) in [6.07, 6.45) is 0.119. The fourth-order valence-electron chi connectivity index (χ4n) is 2.22. The van der Waals surface area contributed by atoms with E-state index in [4.69, 9.17) is 0 Å². The van der Waals surface area contributed by atoms with Crippen LogP contribution in [0.25, 0.3) is 0 Å². The third-order valence-corrected chi connectivity index (χ3v) is 5.13. The highest BCUT2D eigenvalue weighted by Gasteiger charge is 2.15. The topological polar surface area (TPSA) is 66.5 Å². The summed E-state index contributed by atoms with van der Waals surface area (Å²) in [5.41, 5.74) is 2.21. The molecular formula is C18H22N2O3S. The van der Waals surface area contributed by atoms with Gasteiger partial charge in [-0.3, -0.25) is 4.79 Å². The molecule has 0 aromatic heterocycles. The summed E-state index contributed by atoms with van der Waals surface area (Å²) < 4.78 is 26.6. The van der Waals surface area contributed by atoms with Gasteiger partial charge in [-0.15, -0.1) is 0 Å². The van der Waals surface area contributed by atoms with Crippen molar-refractivity contribution in [3.63, 3.8) is 0 Å². The summed E-state index contributed by atoms with van der Waals surface area (Å²) in [4.78, 5) is 13.9. The van der Waals surface area contributed by atoms with Crippen LogP contribution in [0.5, 0.6) is 0 Å². The van der Waals surface area contributed by atoms with Crippen molar-refractivity contribution in [1.82, 2.24) is 9.62 Å². The zero-order valence-electron chi connectivity index (χ0n) is 13.9. The van der Waals surface area contributed by atoms with E-state index in [0.717, 1.165) is 5.56 Å². The Hall–Kier alpha value is -2.18. The first-order valence-corrected chi connectivity index (χ1v) is 9.21. The van der Waals surface area contributed by atoms with Crippen LogP contribution in [-0.2, 0) is 21.4 Å². The van der Waals surface area contributed by atoms with E-state index in [9.17, 15) is 13.2 Å². The molecule has 1 amide bonds. The van der Waals surface area contributed by atoms with E-state index in [1.54, 1.807) is 30.1 Å². The van der Waals surface area contributed by atoms with Crippen molar-refractivity contribution in [1.29, 1.82) is 0 Å². The average Bonchev–Trinajstić information content (AvgIpc) is 2.57. The first-order chi connectivity index (χ1) is 11.4. The lowest BCUT2D eigenvalue weighted by molar-refractivity contribution is -0.130. The predicted molar refractivity (Wildman–Crippen MR) is 93.9 cm³/mol. The molecule has 0 heterocycles. The number of rotatable bonds is 7. The molecule has 0 radical (unpaired) electrons. The maximum atomic E-state index is 12.1. The number of nitrogens with zero attached hydrogens (tertiary/aromatic N) is 1. The number of carbonyl (C=O) groups excluding carboxylic acids is 1. The first-order valence-electron chi connectivity index (χ1n) is 7.73. The number of benzene rings is 2. The quantitative estimate of drug-likeness (QED) is 0.837. The summed E-state index contributed by atoms with van der Waals surface area (Å²) in [5.74, 6) is -0.105. The molecule has 2 rings (SSSR count). The lowest BCUT2D eigenvalue weighted by Crippen LogP contribution is -2.31. The molecule has 0 aliphatic rings. The highest BCUT2D eigenvalue weighted by Crippen LogP contribution is 2.08. The summed E-state index contributed by atoms with van der Waals surface area (Å²) in [7, 11) is -1.85. The van der Waals surface area contributed by atoms with Crippen LogP contribution in [0, 0.1) is 6.92 Å². The normalized spacial score (nSPS) is 11.2. The van der Waals surface area contributed by atoms with Gasteiger partial charge in [0.25, 0.3) is 0 Å². The van der Waals surface area contributed by atoms with Crippen molar-refractivity contribution in [3.05, 3.63) is 65.7 Å². The number of hydrogen-bond acceptors (Lipinski definition) is 3. The Kier molecular flexibility index (Phi) is 6.11. The monoisotopic (exact) mass is 346 g/mol. The van der Waals surface area contributed by atoms with Gasteiger partial charge in [0, 0.05) is 26.6 Å². The molecule has 24 heavy (non-hydrogen) atoms. The van der Waals surface area contributed by atoms with Crippen LogP contribution in [0.3, 0.4) is 0 Å². The van der Waals surface area contributed by atoms with Crippen LogP contribution in [-0.4, -0.2) is 32.8 Å². The van der Waals surface area contributed by atoms with Gasteiger partial charge in [0.1, 0.15) is 0 Å². The van der Waals surface area contributed by atoms with Crippen LogP contribution in [0.1, 0.15) is 17.5 Å². The highest BCUT2D eigenvalue weighted by molar-refractivity contribution is 7.89. The van der Waals surface area contributed by atoms with Gasteiger partial charge in [0.15, 0.2) is 0 Å². The SMILES string of the molecule is Cc1ccc(CN(C)C(=O)CCNS(=O)(=O)c2ccccc2)cc1. The molecule has 6 heteroatoms. The fourth-order valence-corrected chi connectivity index (χ4v) is 3.27. The second kappa shape index (κ2) is 8.08. The van der Waals surface area contributed by atoms with Crippen LogP contribution in [0.2, 0.25) is 0 Å². The molecule has 2 aromatic carbocycles. The molecule has 0 saturated heterocycles. The van der Waals surface area contributed by atoms with Crippen molar-refractivity contribution in [2.75, 3.05) is 13.6 Å². The van der Waals surface area contributed by atoms with Gasteiger partial charge >= 0.3 is 0 Å². The van der Waals surface area contributed by atoms with E-state index >= 15 is 0 Å². The van der Waals surface area contributed by atoms with E-state index in [2.05, 4.69) is 4.72 Å². The standard InChI is InChI=1S/C18H22N2O3S/c1-15-8-10-16(11-9-15)14-20(2)18(21)12-13-19-24(22,23)17-6-4-3-5-7-17/h3-11,19H,12-14H2,1-2H3. The van der Waals surface area contributed by atoms with Gasteiger partial charge in [-0.05, 0) is 24.6 Å². The molecule has 5 nitrogen and oxygen atoms in total. The maximum absolute atomic E-state index is 12.1. The summed E-state index contributed by atoms with van der Waals surface area (Å²) in [5, 5.41) is 0. The van der Waals surface area contributed by atoms with Gasteiger partial charge in [-0.1, -0.05) is 48.0 Å². The van der Waals surface area contributed by atoms with Crippen LogP contribution in [0.4, 0.5) is 0 Å². The van der Waals surface area contributed by atoms with Crippen molar-refractivity contribution >= 4 is 15.9 Å². The Labute approximate surface area is 143 Å². The fraction of sp³-hybridized carbons (Fsp3) is 0.278. The molecule has 0 saturated carbocycles. The second-order valence-electron chi connectivity index (χ2n) is 5.70.